The molecule has 0 N–H and O–H groups in total. The average molecular weight is 388 g/mol. The van der Waals surface area contributed by atoms with Crippen molar-refractivity contribution < 1.29 is 22.7 Å². The monoisotopic (exact) mass is 388 g/mol. The molecule has 0 aliphatic carbocycles. The first-order valence-electron chi connectivity index (χ1n) is 8.71. The molecule has 0 unspecified atom stereocenters. The summed E-state index contributed by atoms with van der Waals surface area (Å²) in [5.74, 6) is 1.04. The van der Waals surface area contributed by atoms with Gasteiger partial charge in [0.1, 0.15) is 0 Å². The van der Waals surface area contributed by atoms with Crippen molar-refractivity contribution in [2.24, 2.45) is 0 Å². The van der Waals surface area contributed by atoms with Crippen LogP contribution in [0.5, 0.6) is 11.5 Å². The minimum Gasteiger partial charge on any atom is -0.454 e. The molecule has 1 fully saturated rings. The van der Waals surface area contributed by atoms with Gasteiger partial charge in [-0.1, -0.05) is 18.2 Å². The lowest BCUT2D eigenvalue weighted by atomic mass is 10.1. The number of carbonyl (C=O) groups is 1. The maximum absolute atomic E-state index is 12.9. The van der Waals surface area contributed by atoms with Crippen LogP contribution in [0.1, 0.15) is 15.9 Å². The summed E-state index contributed by atoms with van der Waals surface area (Å²) in [6.45, 7) is 3.17. The van der Waals surface area contributed by atoms with Crippen molar-refractivity contribution in [3.8, 4) is 11.5 Å². The number of hydrogen-bond donors (Lipinski definition) is 0. The van der Waals surface area contributed by atoms with Crippen LogP contribution in [0.4, 0.5) is 0 Å². The summed E-state index contributed by atoms with van der Waals surface area (Å²) < 4.78 is 37.8. The smallest absolute Gasteiger partial charge is 0.254 e. The molecule has 1 amide bonds. The van der Waals surface area contributed by atoms with Gasteiger partial charge in [0.15, 0.2) is 11.5 Å². The predicted octanol–water partition coefficient (Wildman–Crippen LogP) is 1.87. The number of ether oxygens (including phenoxy) is 2. The van der Waals surface area contributed by atoms with E-state index in [2.05, 4.69) is 0 Å². The van der Waals surface area contributed by atoms with Crippen molar-refractivity contribution >= 4 is 15.9 Å². The van der Waals surface area contributed by atoms with Gasteiger partial charge in [0.2, 0.25) is 16.8 Å². The van der Waals surface area contributed by atoms with Gasteiger partial charge in [0.25, 0.3) is 5.91 Å². The highest BCUT2D eigenvalue weighted by molar-refractivity contribution is 7.89. The second-order valence-electron chi connectivity index (χ2n) is 6.53. The fraction of sp³-hybridized carbons (Fsp3) is 0.316. The highest BCUT2D eigenvalue weighted by Gasteiger charge is 2.31. The number of amides is 1. The first kappa shape index (κ1) is 17.8. The van der Waals surface area contributed by atoms with Crippen molar-refractivity contribution in [2.45, 2.75) is 11.8 Å². The van der Waals surface area contributed by atoms with Gasteiger partial charge in [0, 0.05) is 31.7 Å². The van der Waals surface area contributed by atoms with E-state index in [1.165, 1.54) is 4.31 Å². The molecular formula is C19H20N2O5S. The van der Waals surface area contributed by atoms with Crippen LogP contribution in [-0.2, 0) is 10.0 Å². The molecule has 2 heterocycles. The highest BCUT2D eigenvalue weighted by atomic mass is 32.2. The summed E-state index contributed by atoms with van der Waals surface area (Å²) in [6.07, 6.45) is 0. The standard InChI is InChI=1S/C19H20N2O5S/c1-14-4-2-3-5-18(14)27(23,24)21-10-8-20(9-11-21)19(22)15-6-7-16-17(12-15)26-13-25-16/h2-7,12H,8-11,13H2,1H3. The minimum atomic E-state index is -3.56. The molecule has 4 rings (SSSR count). The molecule has 2 aliphatic heterocycles. The molecule has 1 saturated heterocycles. The van der Waals surface area contributed by atoms with Gasteiger partial charge < -0.3 is 14.4 Å². The molecule has 8 heteroatoms. The zero-order chi connectivity index (χ0) is 19.0. The first-order chi connectivity index (χ1) is 13.0. The van der Waals surface area contributed by atoms with Crippen LogP contribution in [0, 0.1) is 6.92 Å². The second-order valence-corrected chi connectivity index (χ2v) is 8.44. The summed E-state index contributed by atoms with van der Waals surface area (Å²) in [4.78, 5) is 14.7. The van der Waals surface area contributed by atoms with Gasteiger partial charge in [-0.25, -0.2) is 8.42 Å². The van der Waals surface area contributed by atoms with E-state index >= 15 is 0 Å². The predicted molar refractivity (Wildman–Crippen MR) is 98.4 cm³/mol. The molecule has 2 aromatic carbocycles. The van der Waals surface area contributed by atoms with E-state index in [1.807, 2.05) is 6.07 Å². The normalized spacial score (nSPS) is 17.1. The van der Waals surface area contributed by atoms with E-state index < -0.39 is 10.0 Å². The summed E-state index contributed by atoms with van der Waals surface area (Å²) in [5.41, 5.74) is 1.23. The summed E-state index contributed by atoms with van der Waals surface area (Å²) in [6, 6.07) is 12.0. The highest BCUT2D eigenvalue weighted by Crippen LogP contribution is 2.33. The van der Waals surface area contributed by atoms with Gasteiger partial charge in [-0.3, -0.25) is 4.79 Å². The fourth-order valence-corrected chi connectivity index (χ4v) is 4.98. The number of piperazine rings is 1. The number of benzene rings is 2. The van der Waals surface area contributed by atoms with E-state index in [0.29, 0.717) is 35.0 Å². The number of sulfonamides is 1. The Morgan fingerprint density at radius 3 is 2.41 bits per heavy atom. The molecular weight excluding hydrogens is 368 g/mol. The average Bonchev–Trinajstić information content (AvgIpc) is 3.15. The van der Waals surface area contributed by atoms with Gasteiger partial charge in [-0.05, 0) is 36.8 Å². The van der Waals surface area contributed by atoms with E-state index in [4.69, 9.17) is 9.47 Å². The van der Waals surface area contributed by atoms with Crippen molar-refractivity contribution in [3.05, 3.63) is 53.6 Å². The van der Waals surface area contributed by atoms with Crippen LogP contribution in [-0.4, -0.2) is 56.5 Å². The van der Waals surface area contributed by atoms with E-state index in [-0.39, 0.29) is 25.8 Å². The second kappa shape index (κ2) is 6.86. The van der Waals surface area contributed by atoms with Crippen LogP contribution in [0.3, 0.4) is 0 Å². The van der Waals surface area contributed by atoms with Gasteiger partial charge in [0.05, 0.1) is 4.90 Å². The summed E-state index contributed by atoms with van der Waals surface area (Å²) >= 11 is 0. The number of aryl methyl sites for hydroxylation is 1. The molecule has 2 aromatic rings. The van der Waals surface area contributed by atoms with Crippen molar-refractivity contribution in [1.29, 1.82) is 0 Å². The Bertz CT molecular complexity index is 981. The Hall–Kier alpha value is -2.58. The van der Waals surface area contributed by atoms with Crippen LogP contribution < -0.4 is 9.47 Å². The van der Waals surface area contributed by atoms with Crippen LogP contribution in [0.2, 0.25) is 0 Å². The molecule has 0 aromatic heterocycles. The largest absolute Gasteiger partial charge is 0.454 e. The fourth-order valence-electron chi connectivity index (χ4n) is 3.33. The molecule has 0 spiro atoms. The first-order valence-corrected chi connectivity index (χ1v) is 10.2. The third-order valence-corrected chi connectivity index (χ3v) is 6.92. The number of hydrogen-bond acceptors (Lipinski definition) is 5. The third-order valence-electron chi connectivity index (χ3n) is 4.86. The van der Waals surface area contributed by atoms with Crippen molar-refractivity contribution in [1.82, 2.24) is 9.21 Å². The van der Waals surface area contributed by atoms with Crippen molar-refractivity contribution in [3.63, 3.8) is 0 Å². The Morgan fingerprint density at radius 1 is 0.963 bits per heavy atom. The molecule has 7 nitrogen and oxygen atoms in total. The number of nitrogens with zero attached hydrogens (tertiary/aromatic N) is 2. The van der Waals surface area contributed by atoms with E-state index in [9.17, 15) is 13.2 Å². The molecule has 0 saturated carbocycles. The van der Waals surface area contributed by atoms with Gasteiger partial charge in [-0.2, -0.15) is 4.31 Å². The topological polar surface area (TPSA) is 76.2 Å². The summed E-state index contributed by atoms with van der Waals surface area (Å²) in [7, 11) is -3.56. The molecule has 27 heavy (non-hydrogen) atoms. The number of carbonyl (C=O) groups excluding carboxylic acids is 1. The molecule has 142 valence electrons. The van der Waals surface area contributed by atoms with Gasteiger partial charge >= 0.3 is 0 Å². The Balaban J connectivity index is 1.46. The Labute approximate surface area is 158 Å². The Morgan fingerprint density at radius 2 is 1.67 bits per heavy atom. The Kier molecular flexibility index (Phi) is 4.53. The SMILES string of the molecule is Cc1ccccc1S(=O)(=O)N1CCN(C(=O)c2ccc3c(c2)OCO3)CC1. The zero-order valence-electron chi connectivity index (χ0n) is 14.9. The van der Waals surface area contributed by atoms with E-state index in [1.54, 1.807) is 48.2 Å². The summed E-state index contributed by atoms with van der Waals surface area (Å²) in [5, 5.41) is 0. The van der Waals surface area contributed by atoms with E-state index in [0.717, 1.165) is 5.56 Å². The van der Waals surface area contributed by atoms with Crippen molar-refractivity contribution in [2.75, 3.05) is 33.0 Å². The third kappa shape index (κ3) is 3.26. The maximum Gasteiger partial charge on any atom is 0.254 e. The van der Waals surface area contributed by atoms with Crippen LogP contribution in [0.15, 0.2) is 47.4 Å². The van der Waals surface area contributed by atoms with Crippen LogP contribution >= 0.6 is 0 Å². The molecule has 2 aliphatic rings. The van der Waals surface area contributed by atoms with Crippen LogP contribution in [0.25, 0.3) is 0 Å². The minimum absolute atomic E-state index is 0.138. The maximum atomic E-state index is 12.9. The number of rotatable bonds is 3. The van der Waals surface area contributed by atoms with Gasteiger partial charge in [-0.15, -0.1) is 0 Å². The zero-order valence-corrected chi connectivity index (χ0v) is 15.7. The quantitative estimate of drug-likeness (QED) is 0.802. The molecule has 0 bridgehead atoms. The molecule has 0 radical (unpaired) electrons. The number of fused-ring (bicyclic) bond motifs is 1. The lowest BCUT2D eigenvalue weighted by molar-refractivity contribution is 0.0697. The lowest BCUT2D eigenvalue weighted by Gasteiger charge is -2.34. The molecule has 0 atom stereocenters. The lowest BCUT2D eigenvalue weighted by Crippen LogP contribution is -2.50.